The maximum absolute atomic E-state index is 11.6. The molecule has 0 spiro atoms. The molecule has 1 aliphatic heterocycles. The van der Waals surface area contributed by atoms with Gasteiger partial charge in [-0.05, 0) is 31.2 Å². The molecule has 0 aliphatic carbocycles. The fourth-order valence-electron chi connectivity index (χ4n) is 2.07. The second-order valence-electron chi connectivity index (χ2n) is 4.23. The van der Waals surface area contributed by atoms with Crippen LogP contribution in [-0.4, -0.2) is 25.9 Å². The van der Waals surface area contributed by atoms with E-state index in [0.29, 0.717) is 13.0 Å². The third kappa shape index (κ3) is 3.38. The van der Waals surface area contributed by atoms with Crippen LogP contribution < -0.4 is 14.8 Å². The number of hydrogen-bond acceptors (Lipinski definition) is 5. The summed E-state index contributed by atoms with van der Waals surface area (Å²) in [6, 6.07) is 5.65. The van der Waals surface area contributed by atoms with Crippen molar-refractivity contribution in [3.8, 4) is 11.5 Å². The van der Waals surface area contributed by atoms with Gasteiger partial charge in [-0.15, -0.1) is 0 Å². The maximum atomic E-state index is 11.6. The summed E-state index contributed by atoms with van der Waals surface area (Å²) < 4.78 is 15.6. The van der Waals surface area contributed by atoms with Crippen LogP contribution in [0.3, 0.4) is 0 Å². The highest BCUT2D eigenvalue weighted by molar-refractivity contribution is 5.70. The Balaban J connectivity index is 2.11. The number of nitrogens with one attached hydrogen (secondary N) is 1. The van der Waals surface area contributed by atoms with Crippen molar-refractivity contribution < 1.29 is 19.0 Å². The molecule has 2 rings (SSSR count). The lowest BCUT2D eigenvalue weighted by Gasteiger charge is -2.17. The minimum absolute atomic E-state index is 0.0708. The van der Waals surface area contributed by atoms with E-state index in [1.165, 1.54) is 0 Å². The lowest BCUT2D eigenvalue weighted by Crippen LogP contribution is -2.24. The van der Waals surface area contributed by atoms with Crippen LogP contribution in [0, 0.1) is 0 Å². The van der Waals surface area contributed by atoms with Gasteiger partial charge in [-0.3, -0.25) is 4.79 Å². The molecular formula is C14H19NO4. The summed E-state index contributed by atoms with van der Waals surface area (Å²) in [6.07, 6.45) is 0.307. The number of esters is 1. The van der Waals surface area contributed by atoms with E-state index in [4.69, 9.17) is 14.2 Å². The summed E-state index contributed by atoms with van der Waals surface area (Å²) >= 11 is 0. The Hall–Kier alpha value is -1.75. The van der Waals surface area contributed by atoms with Crippen LogP contribution in [0.1, 0.15) is 31.9 Å². The van der Waals surface area contributed by atoms with E-state index < -0.39 is 0 Å². The van der Waals surface area contributed by atoms with Gasteiger partial charge in [0.05, 0.1) is 13.0 Å². The van der Waals surface area contributed by atoms with Gasteiger partial charge in [0.1, 0.15) is 0 Å². The van der Waals surface area contributed by atoms with E-state index >= 15 is 0 Å². The maximum Gasteiger partial charge on any atom is 0.307 e. The van der Waals surface area contributed by atoms with E-state index in [9.17, 15) is 4.79 Å². The zero-order chi connectivity index (χ0) is 13.7. The number of ether oxygens (including phenoxy) is 3. The number of carbonyl (C=O) groups is 1. The molecule has 1 atom stereocenters. The third-order valence-electron chi connectivity index (χ3n) is 2.93. The standard InChI is InChI=1S/C14H19NO4/c1-3-15-11(8-14(16)17-4-2)10-5-6-12-13(7-10)19-9-18-12/h5-7,11,15H,3-4,8-9H2,1-2H3. The van der Waals surface area contributed by atoms with E-state index in [-0.39, 0.29) is 18.8 Å². The van der Waals surface area contributed by atoms with Crippen LogP contribution in [0.5, 0.6) is 11.5 Å². The van der Waals surface area contributed by atoms with Gasteiger partial charge in [0.25, 0.3) is 0 Å². The molecule has 0 saturated carbocycles. The second-order valence-corrected chi connectivity index (χ2v) is 4.23. The Morgan fingerprint density at radius 3 is 2.89 bits per heavy atom. The van der Waals surface area contributed by atoms with Crippen molar-refractivity contribution in [2.24, 2.45) is 0 Å². The molecule has 0 saturated heterocycles. The summed E-state index contributed by atoms with van der Waals surface area (Å²) in [7, 11) is 0. The van der Waals surface area contributed by atoms with Gasteiger partial charge >= 0.3 is 5.97 Å². The first-order valence-corrected chi connectivity index (χ1v) is 6.53. The summed E-state index contributed by atoms with van der Waals surface area (Å²) in [5.74, 6) is 1.27. The van der Waals surface area contributed by atoms with Crippen molar-refractivity contribution in [1.29, 1.82) is 0 Å². The van der Waals surface area contributed by atoms with E-state index in [1.807, 2.05) is 25.1 Å². The van der Waals surface area contributed by atoms with Crippen molar-refractivity contribution in [1.82, 2.24) is 5.32 Å². The lowest BCUT2D eigenvalue weighted by atomic mass is 10.0. The van der Waals surface area contributed by atoms with Gasteiger partial charge in [0.15, 0.2) is 11.5 Å². The lowest BCUT2D eigenvalue weighted by molar-refractivity contribution is -0.143. The second kappa shape index (κ2) is 6.43. The van der Waals surface area contributed by atoms with Crippen molar-refractivity contribution >= 4 is 5.97 Å². The monoisotopic (exact) mass is 265 g/mol. The molecule has 0 aromatic heterocycles. The predicted octanol–water partition coefficient (Wildman–Crippen LogP) is 2.02. The summed E-state index contributed by atoms with van der Waals surface area (Å²) in [6.45, 7) is 5.24. The average molecular weight is 265 g/mol. The minimum atomic E-state index is -0.203. The van der Waals surface area contributed by atoms with Gasteiger partial charge in [-0.1, -0.05) is 13.0 Å². The van der Waals surface area contributed by atoms with Crippen LogP contribution in [0.4, 0.5) is 0 Å². The number of rotatable bonds is 6. The Labute approximate surface area is 112 Å². The van der Waals surface area contributed by atoms with Crippen molar-refractivity contribution in [2.75, 3.05) is 19.9 Å². The Bertz CT molecular complexity index is 447. The Morgan fingerprint density at radius 2 is 2.16 bits per heavy atom. The molecule has 0 bridgehead atoms. The van der Waals surface area contributed by atoms with Gasteiger partial charge in [-0.25, -0.2) is 0 Å². The number of carbonyl (C=O) groups excluding carboxylic acids is 1. The predicted molar refractivity (Wildman–Crippen MR) is 70.2 cm³/mol. The molecule has 1 N–H and O–H groups in total. The number of fused-ring (bicyclic) bond motifs is 1. The normalized spacial score (nSPS) is 14.2. The highest BCUT2D eigenvalue weighted by Gasteiger charge is 2.20. The van der Waals surface area contributed by atoms with E-state index in [1.54, 1.807) is 6.92 Å². The van der Waals surface area contributed by atoms with Gasteiger partial charge in [0.2, 0.25) is 6.79 Å². The Morgan fingerprint density at radius 1 is 1.37 bits per heavy atom. The van der Waals surface area contributed by atoms with Crippen LogP contribution >= 0.6 is 0 Å². The SMILES string of the molecule is CCNC(CC(=O)OCC)c1ccc2c(c1)OCO2. The van der Waals surface area contributed by atoms with Crippen molar-refractivity contribution in [2.45, 2.75) is 26.3 Å². The van der Waals surface area contributed by atoms with Gasteiger partial charge < -0.3 is 19.5 Å². The molecule has 5 heteroatoms. The smallest absolute Gasteiger partial charge is 0.307 e. The quantitative estimate of drug-likeness (QED) is 0.797. The van der Waals surface area contributed by atoms with Gasteiger partial charge in [0, 0.05) is 6.04 Å². The van der Waals surface area contributed by atoms with Crippen LogP contribution in [0.15, 0.2) is 18.2 Å². The zero-order valence-electron chi connectivity index (χ0n) is 11.3. The molecule has 1 unspecified atom stereocenters. The molecule has 19 heavy (non-hydrogen) atoms. The largest absolute Gasteiger partial charge is 0.466 e. The molecule has 0 fully saturated rings. The Kier molecular flexibility index (Phi) is 4.63. The highest BCUT2D eigenvalue weighted by atomic mass is 16.7. The van der Waals surface area contributed by atoms with Gasteiger partial charge in [-0.2, -0.15) is 0 Å². The minimum Gasteiger partial charge on any atom is -0.466 e. The molecular weight excluding hydrogens is 246 g/mol. The fraction of sp³-hybridized carbons (Fsp3) is 0.500. The van der Waals surface area contributed by atoms with Crippen LogP contribution in [-0.2, 0) is 9.53 Å². The number of benzene rings is 1. The first-order chi connectivity index (χ1) is 9.24. The van der Waals surface area contributed by atoms with Crippen LogP contribution in [0.25, 0.3) is 0 Å². The molecule has 0 amide bonds. The van der Waals surface area contributed by atoms with E-state index in [2.05, 4.69) is 5.32 Å². The summed E-state index contributed by atoms with van der Waals surface area (Å²) in [5.41, 5.74) is 0.999. The summed E-state index contributed by atoms with van der Waals surface area (Å²) in [5, 5.41) is 3.28. The molecule has 1 aromatic carbocycles. The fourth-order valence-corrected chi connectivity index (χ4v) is 2.07. The topological polar surface area (TPSA) is 56.8 Å². The highest BCUT2D eigenvalue weighted by Crippen LogP contribution is 2.34. The molecule has 104 valence electrons. The third-order valence-corrected chi connectivity index (χ3v) is 2.93. The molecule has 1 aromatic rings. The number of hydrogen-bond donors (Lipinski definition) is 1. The van der Waals surface area contributed by atoms with Crippen molar-refractivity contribution in [3.05, 3.63) is 23.8 Å². The summed E-state index contributed by atoms with van der Waals surface area (Å²) in [4.78, 5) is 11.6. The molecule has 1 aliphatic rings. The first-order valence-electron chi connectivity index (χ1n) is 6.53. The molecule has 5 nitrogen and oxygen atoms in total. The van der Waals surface area contributed by atoms with Crippen LogP contribution in [0.2, 0.25) is 0 Å². The van der Waals surface area contributed by atoms with Crippen molar-refractivity contribution in [3.63, 3.8) is 0 Å². The molecule has 1 heterocycles. The average Bonchev–Trinajstić information content (AvgIpc) is 2.85. The zero-order valence-corrected chi connectivity index (χ0v) is 11.3. The van der Waals surface area contributed by atoms with E-state index in [0.717, 1.165) is 23.6 Å². The molecule has 0 radical (unpaired) electrons. The first kappa shape index (κ1) is 13.7.